The summed E-state index contributed by atoms with van der Waals surface area (Å²) in [5, 5.41) is 5.98. The average Bonchev–Trinajstić information content (AvgIpc) is 2.51. The second kappa shape index (κ2) is 18.0. The summed E-state index contributed by atoms with van der Waals surface area (Å²) in [5.41, 5.74) is 0. The highest BCUT2D eigenvalue weighted by molar-refractivity contribution is 8.33. The van der Waals surface area contributed by atoms with E-state index < -0.39 is 0 Å². The van der Waals surface area contributed by atoms with Crippen LogP contribution in [-0.4, -0.2) is 48.8 Å². The van der Waals surface area contributed by atoms with Crippen LogP contribution in [0.4, 0.5) is 0 Å². The Morgan fingerprint density at radius 2 is 1.17 bits per heavy atom. The van der Waals surface area contributed by atoms with Crippen LogP contribution < -0.4 is 0 Å². The monoisotopic (exact) mass is 552 g/mol. The van der Waals surface area contributed by atoms with Crippen molar-refractivity contribution in [1.82, 2.24) is 0 Å². The molecule has 0 amide bonds. The van der Waals surface area contributed by atoms with Crippen LogP contribution in [0.1, 0.15) is 12.8 Å². The molecule has 1 aliphatic heterocycles. The van der Waals surface area contributed by atoms with Crippen molar-refractivity contribution in [2.75, 3.05) is 30.5 Å². The Balaban J connectivity index is 2.33. The van der Waals surface area contributed by atoms with E-state index in [1.54, 1.807) is 0 Å². The lowest BCUT2D eigenvalue weighted by atomic mass is 10.5. The predicted molar refractivity (Wildman–Crippen MR) is 150 cm³/mol. The van der Waals surface area contributed by atoms with Gasteiger partial charge in [-0.15, -0.1) is 94.1 Å². The second-order valence-electron chi connectivity index (χ2n) is 4.28. The molecule has 0 nitrogen and oxygen atoms in total. The first-order valence-electron chi connectivity index (χ1n) is 7.09. The lowest BCUT2D eigenvalue weighted by molar-refractivity contribution is 1.02. The predicted octanol–water partition coefficient (Wildman–Crippen LogP) is 7.41. The van der Waals surface area contributed by atoms with Crippen LogP contribution in [0.5, 0.6) is 0 Å². The van der Waals surface area contributed by atoms with E-state index in [9.17, 15) is 0 Å². The largest absolute Gasteiger partial charge is 0.168 e. The Labute approximate surface area is 203 Å². The highest BCUT2D eigenvalue weighted by atomic mass is 32.3. The second-order valence-corrected chi connectivity index (χ2v) is 18.7. The maximum atomic E-state index is 4.43. The molecule has 0 N–H and O–H groups in total. The average molecular weight is 553 g/mol. The third-order valence-electron chi connectivity index (χ3n) is 2.83. The fourth-order valence-corrected chi connectivity index (χ4v) is 15.1. The summed E-state index contributed by atoms with van der Waals surface area (Å²) >= 11 is 33.7. The van der Waals surface area contributed by atoms with Crippen LogP contribution >= 0.6 is 145 Å². The number of thioether (sulfide) groups is 8. The molecule has 0 aromatic rings. The van der Waals surface area contributed by atoms with Crippen LogP contribution in [0.2, 0.25) is 0 Å². The third kappa shape index (κ3) is 12.7. The molecule has 12 heteroatoms. The minimum Gasteiger partial charge on any atom is -0.168 e. The molecule has 144 valence electrons. The summed E-state index contributed by atoms with van der Waals surface area (Å²) in [4.78, 5) is 0. The lowest BCUT2D eigenvalue weighted by Gasteiger charge is -2.28. The van der Waals surface area contributed by atoms with E-state index in [0.29, 0.717) is 13.7 Å². The molecule has 1 aliphatic rings. The van der Waals surface area contributed by atoms with Crippen LogP contribution in [-0.2, 0) is 0 Å². The van der Waals surface area contributed by atoms with E-state index in [1.165, 1.54) is 17.9 Å². The lowest BCUT2D eigenvalue weighted by Crippen LogP contribution is -2.14. The van der Waals surface area contributed by atoms with Crippen molar-refractivity contribution >= 4 is 145 Å². The van der Waals surface area contributed by atoms with Crippen molar-refractivity contribution in [1.29, 1.82) is 0 Å². The van der Waals surface area contributed by atoms with Crippen molar-refractivity contribution in [3.63, 3.8) is 0 Å². The van der Waals surface area contributed by atoms with Crippen LogP contribution in [0.3, 0.4) is 0 Å². The molecule has 2 unspecified atom stereocenters. The molecular formula is C12H24S12. The summed E-state index contributed by atoms with van der Waals surface area (Å²) in [7, 11) is 0. The fraction of sp³-hybridized carbons (Fsp3) is 1.00. The zero-order chi connectivity index (χ0) is 17.6. The smallest absolute Gasteiger partial charge is 0.0537 e. The maximum Gasteiger partial charge on any atom is 0.0537 e. The van der Waals surface area contributed by atoms with Crippen molar-refractivity contribution in [2.45, 2.75) is 31.2 Å². The Kier molecular flexibility index (Phi) is 19.7. The summed E-state index contributed by atoms with van der Waals surface area (Å²) in [6.07, 6.45) is 2.48. The quantitative estimate of drug-likeness (QED) is 0.114. The molecule has 24 heavy (non-hydrogen) atoms. The van der Waals surface area contributed by atoms with E-state index >= 15 is 0 Å². The maximum absolute atomic E-state index is 4.43. The summed E-state index contributed by atoms with van der Waals surface area (Å²) in [6.45, 7) is 0. The highest BCUT2D eigenvalue weighted by Gasteiger charge is 2.24. The molecule has 0 radical (unpaired) electrons. The molecule has 0 aliphatic carbocycles. The normalized spacial score (nSPS) is 17.9. The molecule has 0 bridgehead atoms. The first-order chi connectivity index (χ1) is 11.7. The number of hydrogen-bond acceptors (Lipinski definition) is 12. The van der Waals surface area contributed by atoms with Gasteiger partial charge in [-0.05, 0) is 12.8 Å². The van der Waals surface area contributed by atoms with Crippen molar-refractivity contribution in [2.24, 2.45) is 0 Å². The Hall–Kier alpha value is 4.20. The van der Waals surface area contributed by atoms with Gasteiger partial charge in [-0.25, -0.2) is 0 Å². The van der Waals surface area contributed by atoms with E-state index in [-0.39, 0.29) is 0 Å². The van der Waals surface area contributed by atoms with Crippen molar-refractivity contribution in [3.05, 3.63) is 0 Å². The molecule has 1 saturated heterocycles. The zero-order valence-corrected chi connectivity index (χ0v) is 23.1. The van der Waals surface area contributed by atoms with Gasteiger partial charge in [0, 0.05) is 30.5 Å². The SMILES string of the molecule is SCSC(CC(SCS)SCSC(CC1SCS1)SCS)SCS. The summed E-state index contributed by atoms with van der Waals surface area (Å²) in [5.74, 6) is 0. The van der Waals surface area contributed by atoms with Gasteiger partial charge in [0.05, 0.1) is 18.3 Å². The Bertz CT molecular complexity index is 283. The summed E-state index contributed by atoms with van der Waals surface area (Å²) < 4.78 is 2.68. The van der Waals surface area contributed by atoms with Gasteiger partial charge in [0.2, 0.25) is 0 Å². The van der Waals surface area contributed by atoms with E-state index in [1.807, 2.05) is 47.0 Å². The van der Waals surface area contributed by atoms with Crippen LogP contribution in [0.15, 0.2) is 0 Å². The topological polar surface area (TPSA) is 0 Å². The summed E-state index contributed by atoms with van der Waals surface area (Å²) in [6, 6.07) is 0. The van der Waals surface area contributed by atoms with Gasteiger partial charge in [-0.2, -0.15) is 50.5 Å². The molecule has 0 aromatic heterocycles. The van der Waals surface area contributed by atoms with Gasteiger partial charge in [-0.3, -0.25) is 0 Å². The first kappa shape index (κ1) is 26.2. The molecule has 2 atom stereocenters. The van der Waals surface area contributed by atoms with Gasteiger partial charge in [0.1, 0.15) is 0 Å². The number of hydrogen-bond donors (Lipinski definition) is 4. The first-order valence-corrected chi connectivity index (χ1v) is 18.0. The minimum absolute atomic E-state index is 0.584. The molecule has 0 spiro atoms. The number of rotatable bonds is 16. The molecule has 1 fully saturated rings. The third-order valence-corrected chi connectivity index (χ3v) is 15.2. The van der Waals surface area contributed by atoms with Crippen molar-refractivity contribution < 1.29 is 0 Å². The molecular weight excluding hydrogens is 529 g/mol. The van der Waals surface area contributed by atoms with E-state index in [0.717, 1.165) is 30.0 Å². The van der Waals surface area contributed by atoms with Gasteiger partial charge in [-0.1, -0.05) is 0 Å². The van der Waals surface area contributed by atoms with E-state index in [2.05, 4.69) is 97.6 Å². The molecule has 1 heterocycles. The Morgan fingerprint density at radius 3 is 1.62 bits per heavy atom. The zero-order valence-electron chi connectivity index (χ0n) is 13.0. The van der Waals surface area contributed by atoms with Crippen LogP contribution in [0.25, 0.3) is 0 Å². The van der Waals surface area contributed by atoms with Gasteiger partial charge >= 0.3 is 0 Å². The fourth-order valence-electron chi connectivity index (χ4n) is 1.69. The van der Waals surface area contributed by atoms with Gasteiger partial charge < -0.3 is 0 Å². The van der Waals surface area contributed by atoms with Gasteiger partial charge in [0.25, 0.3) is 0 Å². The molecule has 1 rings (SSSR count). The van der Waals surface area contributed by atoms with E-state index in [4.69, 9.17) is 0 Å². The van der Waals surface area contributed by atoms with Gasteiger partial charge in [0.15, 0.2) is 0 Å². The Morgan fingerprint density at radius 1 is 0.708 bits per heavy atom. The molecule has 0 saturated carbocycles. The highest BCUT2D eigenvalue weighted by Crippen LogP contribution is 2.46. The van der Waals surface area contributed by atoms with Crippen molar-refractivity contribution in [3.8, 4) is 0 Å². The molecule has 0 aromatic carbocycles. The van der Waals surface area contributed by atoms with Crippen LogP contribution in [0, 0.1) is 0 Å². The minimum atomic E-state index is 0.584. The number of thiol groups is 4. The standard InChI is InChI=1S/C12H24S12/c13-3-17-9(18-4-14)1-10(19-5-15)21-7-22-11(20-6-16)2-12-23-8-24-12/h9-16H,1-8H2.